The van der Waals surface area contributed by atoms with Crippen molar-refractivity contribution in [1.29, 1.82) is 0 Å². The van der Waals surface area contributed by atoms with Crippen LogP contribution in [-0.4, -0.2) is 27.7 Å². The van der Waals surface area contributed by atoms with Crippen LogP contribution in [0.3, 0.4) is 0 Å². The molecule has 1 fully saturated rings. The number of hydrogen-bond acceptors (Lipinski definition) is 3. The lowest BCUT2D eigenvalue weighted by Crippen LogP contribution is -2.34. The summed E-state index contributed by atoms with van der Waals surface area (Å²) in [4.78, 5) is 0. The standard InChI is InChI=1S/C11H19N3S/c1-15-11-4-2-3-9(7-11)12-8-10-5-6-13-14-10/h5-6,9,11-12H,2-4,7-8H2,1H3,(H,13,14). The molecule has 4 heteroatoms. The van der Waals surface area contributed by atoms with Gasteiger partial charge in [0.1, 0.15) is 0 Å². The lowest BCUT2D eigenvalue weighted by molar-refractivity contribution is 0.378. The van der Waals surface area contributed by atoms with Crippen LogP contribution < -0.4 is 5.32 Å². The summed E-state index contributed by atoms with van der Waals surface area (Å²) in [5, 5.41) is 11.4. The summed E-state index contributed by atoms with van der Waals surface area (Å²) in [6.07, 6.45) is 9.43. The maximum atomic E-state index is 3.95. The molecular weight excluding hydrogens is 206 g/mol. The van der Waals surface area contributed by atoms with E-state index < -0.39 is 0 Å². The molecule has 2 unspecified atom stereocenters. The first-order valence-electron chi connectivity index (χ1n) is 5.63. The van der Waals surface area contributed by atoms with E-state index in [4.69, 9.17) is 0 Å². The van der Waals surface area contributed by atoms with Gasteiger partial charge >= 0.3 is 0 Å². The van der Waals surface area contributed by atoms with Gasteiger partial charge in [-0.15, -0.1) is 0 Å². The van der Waals surface area contributed by atoms with E-state index >= 15 is 0 Å². The van der Waals surface area contributed by atoms with Crippen LogP contribution in [-0.2, 0) is 6.54 Å². The summed E-state index contributed by atoms with van der Waals surface area (Å²) in [7, 11) is 0. The van der Waals surface area contributed by atoms with Crippen LogP contribution in [0.15, 0.2) is 12.3 Å². The van der Waals surface area contributed by atoms with Gasteiger partial charge in [0.15, 0.2) is 0 Å². The third-order valence-corrected chi connectivity index (χ3v) is 4.19. The zero-order chi connectivity index (χ0) is 10.5. The molecule has 0 bridgehead atoms. The van der Waals surface area contributed by atoms with Crippen LogP contribution in [0.4, 0.5) is 0 Å². The van der Waals surface area contributed by atoms with E-state index in [1.165, 1.54) is 31.4 Å². The largest absolute Gasteiger partial charge is 0.308 e. The van der Waals surface area contributed by atoms with Crippen molar-refractivity contribution in [3.63, 3.8) is 0 Å². The third-order valence-electron chi connectivity index (χ3n) is 3.10. The molecule has 3 nitrogen and oxygen atoms in total. The molecule has 1 saturated carbocycles. The van der Waals surface area contributed by atoms with E-state index in [0.29, 0.717) is 6.04 Å². The second kappa shape index (κ2) is 5.56. The minimum Gasteiger partial charge on any atom is -0.308 e. The highest BCUT2D eigenvalue weighted by Gasteiger charge is 2.20. The first kappa shape index (κ1) is 11.0. The predicted molar refractivity (Wildman–Crippen MR) is 65.0 cm³/mol. The lowest BCUT2D eigenvalue weighted by atomic mass is 9.95. The van der Waals surface area contributed by atoms with Gasteiger partial charge in [-0.2, -0.15) is 16.9 Å². The predicted octanol–water partition coefficient (Wildman–Crippen LogP) is 2.17. The summed E-state index contributed by atoms with van der Waals surface area (Å²) >= 11 is 2.01. The number of thioether (sulfide) groups is 1. The van der Waals surface area contributed by atoms with Gasteiger partial charge < -0.3 is 5.32 Å². The van der Waals surface area contributed by atoms with E-state index in [2.05, 4.69) is 21.8 Å². The maximum absolute atomic E-state index is 3.95. The van der Waals surface area contributed by atoms with Crippen molar-refractivity contribution < 1.29 is 0 Å². The zero-order valence-electron chi connectivity index (χ0n) is 9.20. The molecule has 0 aromatic carbocycles. The molecule has 1 heterocycles. The van der Waals surface area contributed by atoms with Gasteiger partial charge in [-0.25, -0.2) is 0 Å². The van der Waals surface area contributed by atoms with E-state index in [9.17, 15) is 0 Å². The molecule has 2 rings (SSSR count). The molecule has 1 aliphatic rings. The van der Waals surface area contributed by atoms with Gasteiger partial charge in [-0.05, 0) is 31.6 Å². The van der Waals surface area contributed by atoms with E-state index in [-0.39, 0.29) is 0 Å². The van der Waals surface area contributed by atoms with E-state index in [1.54, 1.807) is 0 Å². The first-order chi connectivity index (χ1) is 7.38. The van der Waals surface area contributed by atoms with Crippen molar-refractivity contribution in [1.82, 2.24) is 15.5 Å². The summed E-state index contributed by atoms with van der Waals surface area (Å²) in [5.41, 5.74) is 1.18. The summed E-state index contributed by atoms with van der Waals surface area (Å²) in [5.74, 6) is 0. The number of aromatic amines is 1. The van der Waals surface area contributed by atoms with Gasteiger partial charge in [-0.1, -0.05) is 6.42 Å². The highest BCUT2D eigenvalue weighted by Crippen LogP contribution is 2.26. The smallest absolute Gasteiger partial charge is 0.0490 e. The second-order valence-electron chi connectivity index (χ2n) is 4.18. The molecule has 0 saturated heterocycles. The van der Waals surface area contributed by atoms with Gasteiger partial charge in [0.2, 0.25) is 0 Å². The Morgan fingerprint density at radius 1 is 1.60 bits per heavy atom. The molecule has 2 atom stereocenters. The SMILES string of the molecule is CSC1CCCC(NCc2ccn[nH]2)C1. The summed E-state index contributed by atoms with van der Waals surface area (Å²) in [6.45, 7) is 0.922. The number of nitrogens with one attached hydrogen (secondary N) is 2. The maximum Gasteiger partial charge on any atom is 0.0490 e. The molecular formula is C11H19N3S. The van der Waals surface area contributed by atoms with Gasteiger partial charge in [0, 0.05) is 29.7 Å². The number of H-pyrrole nitrogens is 1. The molecule has 0 radical (unpaired) electrons. The van der Waals surface area contributed by atoms with Gasteiger partial charge in [0.05, 0.1) is 0 Å². The highest BCUT2D eigenvalue weighted by molar-refractivity contribution is 7.99. The quantitative estimate of drug-likeness (QED) is 0.825. The van der Waals surface area contributed by atoms with Crippen molar-refractivity contribution >= 4 is 11.8 Å². The summed E-state index contributed by atoms with van der Waals surface area (Å²) < 4.78 is 0. The molecule has 1 aliphatic carbocycles. The monoisotopic (exact) mass is 225 g/mol. The fourth-order valence-electron chi connectivity index (χ4n) is 2.18. The second-order valence-corrected chi connectivity index (χ2v) is 5.32. The van der Waals surface area contributed by atoms with Gasteiger partial charge in [0.25, 0.3) is 0 Å². The van der Waals surface area contributed by atoms with Crippen LogP contribution in [0.25, 0.3) is 0 Å². The molecule has 15 heavy (non-hydrogen) atoms. The average Bonchev–Trinajstić information content (AvgIpc) is 2.79. The Kier molecular flexibility index (Phi) is 4.09. The number of nitrogens with zero attached hydrogens (tertiary/aromatic N) is 1. The van der Waals surface area contributed by atoms with Crippen LogP contribution in [0.2, 0.25) is 0 Å². The third kappa shape index (κ3) is 3.24. The van der Waals surface area contributed by atoms with Crippen LogP contribution in [0.1, 0.15) is 31.4 Å². The van der Waals surface area contributed by atoms with Crippen molar-refractivity contribution in [3.8, 4) is 0 Å². The lowest BCUT2D eigenvalue weighted by Gasteiger charge is -2.28. The van der Waals surface area contributed by atoms with Crippen molar-refractivity contribution in [2.24, 2.45) is 0 Å². The molecule has 1 aromatic heterocycles. The fourth-order valence-corrected chi connectivity index (χ4v) is 3.01. The minimum absolute atomic E-state index is 0.694. The minimum atomic E-state index is 0.694. The van der Waals surface area contributed by atoms with Gasteiger partial charge in [-0.3, -0.25) is 5.10 Å². The molecule has 0 spiro atoms. The van der Waals surface area contributed by atoms with Crippen molar-refractivity contribution in [3.05, 3.63) is 18.0 Å². The molecule has 84 valence electrons. The Morgan fingerprint density at radius 2 is 2.53 bits per heavy atom. The fraction of sp³-hybridized carbons (Fsp3) is 0.727. The zero-order valence-corrected chi connectivity index (χ0v) is 10.0. The Balaban J connectivity index is 1.74. The van der Waals surface area contributed by atoms with Crippen LogP contribution in [0.5, 0.6) is 0 Å². The topological polar surface area (TPSA) is 40.7 Å². The van der Waals surface area contributed by atoms with Crippen LogP contribution >= 0.6 is 11.8 Å². The highest BCUT2D eigenvalue weighted by atomic mass is 32.2. The average molecular weight is 225 g/mol. The van der Waals surface area contributed by atoms with Crippen molar-refractivity contribution in [2.45, 2.75) is 43.5 Å². The number of aromatic nitrogens is 2. The summed E-state index contributed by atoms with van der Waals surface area (Å²) in [6, 6.07) is 2.72. The number of rotatable bonds is 4. The molecule has 1 aromatic rings. The Labute approximate surface area is 95.4 Å². The van der Waals surface area contributed by atoms with Crippen LogP contribution in [0, 0.1) is 0 Å². The van der Waals surface area contributed by atoms with Crippen molar-refractivity contribution in [2.75, 3.05) is 6.26 Å². The van der Waals surface area contributed by atoms with E-state index in [0.717, 1.165) is 11.8 Å². The Morgan fingerprint density at radius 3 is 3.27 bits per heavy atom. The normalized spacial score (nSPS) is 26.7. The first-order valence-corrected chi connectivity index (χ1v) is 6.91. The van der Waals surface area contributed by atoms with E-state index in [1.807, 2.05) is 24.0 Å². The molecule has 0 amide bonds. The molecule has 0 aliphatic heterocycles. The number of hydrogen-bond donors (Lipinski definition) is 2. The Bertz CT molecular complexity index is 273. The molecule has 2 N–H and O–H groups in total. The Hall–Kier alpha value is -0.480.